The lowest BCUT2D eigenvalue weighted by molar-refractivity contribution is 0.0998. The van der Waals surface area contributed by atoms with Gasteiger partial charge in [0.05, 0.1) is 21.7 Å². The maximum atomic E-state index is 12.9. The summed E-state index contributed by atoms with van der Waals surface area (Å²) in [6.45, 7) is 3.43. The van der Waals surface area contributed by atoms with Crippen molar-refractivity contribution in [3.8, 4) is 12.3 Å². The van der Waals surface area contributed by atoms with E-state index in [1.807, 2.05) is 28.8 Å². The first-order valence-electron chi connectivity index (χ1n) is 10.1. The quantitative estimate of drug-likeness (QED) is 0.568. The number of carbonyl (C=O) groups excluding carboxylic acids is 1. The highest BCUT2D eigenvalue weighted by atomic mass is 32.2. The number of amides is 1. The third-order valence-corrected chi connectivity index (χ3v) is 8.33. The molecule has 0 bridgehead atoms. The van der Waals surface area contributed by atoms with Crippen LogP contribution in [0.1, 0.15) is 30.1 Å². The van der Waals surface area contributed by atoms with Gasteiger partial charge in [-0.3, -0.25) is 4.79 Å². The van der Waals surface area contributed by atoms with Gasteiger partial charge in [-0.25, -0.2) is 8.42 Å². The molecule has 160 valence electrons. The standard InChI is InChI=1S/C23H23N3O3S2/c1-3-14-26-20-8-4-5-9-21(20)30-23(26)24-22(27)18-10-12-19(13-11-18)31(28,29)25-15-6-7-17(2)16-25/h1,4-5,8-13,17H,6-7,14-16H2,2H3. The molecule has 0 radical (unpaired) electrons. The lowest BCUT2D eigenvalue weighted by Crippen LogP contribution is -2.39. The first-order chi connectivity index (χ1) is 14.9. The fourth-order valence-corrected chi connectivity index (χ4v) is 6.41. The zero-order valence-corrected chi connectivity index (χ0v) is 18.8. The Morgan fingerprint density at radius 1 is 1.23 bits per heavy atom. The average molecular weight is 454 g/mol. The van der Waals surface area contributed by atoms with Gasteiger partial charge in [-0.05, 0) is 55.2 Å². The summed E-state index contributed by atoms with van der Waals surface area (Å²) in [4.78, 5) is 17.7. The molecule has 1 aliphatic heterocycles. The molecule has 6 nitrogen and oxygen atoms in total. The first-order valence-corrected chi connectivity index (χ1v) is 12.4. The van der Waals surface area contributed by atoms with Crippen LogP contribution >= 0.6 is 11.3 Å². The number of carbonyl (C=O) groups is 1. The Labute approximate surface area is 185 Å². The summed E-state index contributed by atoms with van der Waals surface area (Å²) in [5.74, 6) is 2.51. The molecular weight excluding hydrogens is 430 g/mol. The largest absolute Gasteiger partial charge is 0.305 e. The molecule has 1 saturated heterocycles. The van der Waals surface area contributed by atoms with E-state index in [2.05, 4.69) is 17.8 Å². The van der Waals surface area contributed by atoms with Gasteiger partial charge < -0.3 is 4.57 Å². The summed E-state index contributed by atoms with van der Waals surface area (Å²) in [5.41, 5.74) is 1.25. The fraction of sp³-hybridized carbons (Fsp3) is 0.304. The van der Waals surface area contributed by atoms with Gasteiger partial charge in [0.25, 0.3) is 5.91 Å². The number of nitrogens with zero attached hydrogens (tertiary/aromatic N) is 3. The molecule has 0 spiro atoms. The number of terminal acetylenes is 1. The summed E-state index contributed by atoms with van der Waals surface area (Å²) < 4.78 is 30.2. The molecule has 2 heterocycles. The van der Waals surface area contributed by atoms with Gasteiger partial charge in [-0.2, -0.15) is 9.30 Å². The molecule has 1 fully saturated rings. The van der Waals surface area contributed by atoms with Gasteiger partial charge in [0.15, 0.2) is 4.80 Å². The predicted molar refractivity (Wildman–Crippen MR) is 122 cm³/mol. The molecule has 2 aromatic carbocycles. The Kier molecular flexibility index (Phi) is 6.10. The van der Waals surface area contributed by atoms with E-state index in [1.165, 1.54) is 39.9 Å². The van der Waals surface area contributed by atoms with Gasteiger partial charge in [-0.1, -0.05) is 36.3 Å². The number of benzene rings is 2. The molecule has 1 amide bonds. The number of para-hydroxylation sites is 1. The molecule has 1 atom stereocenters. The average Bonchev–Trinajstić information content (AvgIpc) is 3.11. The van der Waals surface area contributed by atoms with E-state index in [9.17, 15) is 13.2 Å². The van der Waals surface area contributed by atoms with Crippen LogP contribution in [-0.2, 0) is 16.6 Å². The highest BCUT2D eigenvalue weighted by molar-refractivity contribution is 7.89. The molecule has 8 heteroatoms. The van der Waals surface area contributed by atoms with E-state index >= 15 is 0 Å². The van der Waals surface area contributed by atoms with Crippen LogP contribution in [0, 0.1) is 18.3 Å². The number of piperidine rings is 1. The third kappa shape index (κ3) is 4.35. The summed E-state index contributed by atoms with van der Waals surface area (Å²) >= 11 is 1.39. The van der Waals surface area contributed by atoms with Crippen molar-refractivity contribution in [3.05, 3.63) is 58.9 Å². The number of fused-ring (bicyclic) bond motifs is 1. The summed E-state index contributed by atoms with van der Waals surface area (Å²) in [5, 5.41) is 0. The van der Waals surface area contributed by atoms with Crippen LogP contribution in [0.2, 0.25) is 0 Å². The smallest absolute Gasteiger partial charge is 0.279 e. The van der Waals surface area contributed by atoms with Crippen LogP contribution in [0.4, 0.5) is 0 Å². The Hall–Kier alpha value is -2.73. The van der Waals surface area contributed by atoms with Gasteiger partial charge in [0.1, 0.15) is 0 Å². The minimum absolute atomic E-state index is 0.197. The number of hydrogen-bond donors (Lipinski definition) is 0. The highest BCUT2D eigenvalue weighted by Gasteiger charge is 2.28. The molecule has 0 saturated carbocycles. The maximum Gasteiger partial charge on any atom is 0.279 e. The second kappa shape index (κ2) is 8.79. The van der Waals surface area contributed by atoms with Crippen LogP contribution in [-0.4, -0.2) is 36.3 Å². The topological polar surface area (TPSA) is 71.7 Å². The van der Waals surface area contributed by atoms with Crippen LogP contribution in [0.25, 0.3) is 10.2 Å². The van der Waals surface area contributed by atoms with Crippen molar-refractivity contribution in [3.63, 3.8) is 0 Å². The van der Waals surface area contributed by atoms with Crippen LogP contribution in [0.5, 0.6) is 0 Å². The van der Waals surface area contributed by atoms with Gasteiger partial charge >= 0.3 is 0 Å². The number of hydrogen-bond acceptors (Lipinski definition) is 4. The summed E-state index contributed by atoms with van der Waals surface area (Å²) in [7, 11) is -3.56. The SMILES string of the molecule is C#CCn1c(=NC(=O)c2ccc(S(=O)(=O)N3CCCC(C)C3)cc2)sc2ccccc21. The molecule has 31 heavy (non-hydrogen) atoms. The monoisotopic (exact) mass is 453 g/mol. The van der Waals surface area contributed by atoms with E-state index in [-0.39, 0.29) is 4.90 Å². The Bertz CT molecular complexity index is 1330. The molecule has 1 aromatic heterocycles. The number of rotatable bonds is 4. The molecule has 0 aliphatic carbocycles. The van der Waals surface area contributed by atoms with Gasteiger partial charge in [0, 0.05) is 18.7 Å². The zero-order valence-electron chi connectivity index (χ0n) is 17.2. The van der Waals surface area contributed by atoms with Crippen molar-refractivity contribution in [1.82, 2.24) is 8.87 Å². The molecular formula is C23H23N3O3S2. The first kappa shape index (κ1) is 21.5. The van der Waals surface area contributed by atoms with E-state index < -0.39 is 15.9 Å². The lowest BCUT2D eigenvalue weighted by Gasteiger charge is -2.30. The lowest BCUT2D eigenvalue weighted by atomic mass is 10.0. The summed E-state index contributed by atoms with van der Waals surface area (Å²) in [6.07, 6.45) is 7.40. The molecule has 0 N–H and O–H groups in total. The second-order valence-corrected chi connectivity index (χ2v) is 10.6. The molecule has 4 rings (SSSR count). The van der Waals surface area contributed by atoms with Crippen molar-refractivity contribution in [2.75, 3.05) is 13.1 Å². The molecule has 3 aromatic rings. The van der Waals surface area contributed by atoms with Gasteiger partial charge in [-0.15, -0.1) is 6.42 Å². The van der Waals surface area contributed by atoms with Crippen LogP contribution in [0.3, 0.4) is 0 Å². The van der Waals surface area contributed by atoms with Crippen molar-refractivity contribution < 1.29 is 13.2 Å². The Morgan fingerprint density at radius 2 is 1.97 bits per heavy atom. The maximum absolute atomic E-state index is 12.9. The molecule has 1 unspecified atom stereocenters. The predicted octanol–water partition coefficient (Wildman–Crippen LogP) is 3.50. The number of sulfonamides is 1. The third-order valence-electron chi connectivity index (χ3n) is 5.39. The minimum atomic E-state index is -3.56. The van der Waals surface area contributed by atoms with Crippen LogP contribution < -0.4 is 4.80 Å². The van der Waals surface area contributed by atoms with Crippen LogP contribution in [0.15, 0.2) is 58.4 Å². The Balaban J connectivity index is 1.63. The molecule has 1 aliphatic rings. The normalized spacial score (nSPS) is 18.2. The van der Waals surface area contributed by atoms with Crippen molar-refractivity contribution in [1.29, 1.82) is 0 Å². The number of thiazole rings is 1. The van der Waals surface area contributed by atoms with Crippen molar-refractivity contribution in [2.24, 2.45) is 10.9 Å². The number of aromatic nitrogens is 1. The highest BCUT2D eigenvalue weighted by Crippen LogP contribution is 2.24. The van der Waals surface area contributed by atoms with E-state index in [0.717, 1.165) is 23.1 Å². The van der Waals surface area contributed by atoms with Crippen molar-refractivity contribution >= 4 is 37.5 Å². The summed E-state index contributed by atoms with van der Waals surface area (Å²) in [6, 6.07) is 13.7. The zero-order chi connectivity index (χ0) is 22.0. The van der Waals surface area contributed by atoms with Crippen molar-refractivity contribution in [2.45, 2.75) is 31.2 Å². The second-order valence-electron chi connectivity index (χ2n) is 7.69. The van der Waals surface area contributed by atoms with E-state index in [0.29, 0.717) is 35.9 Å². The van der Waals surface area contributed by atoms with E-state index in [1.54, 1.807) is 0 Å². The minimum Gasteiger partial charge on any atom is -0.305 e. The fourth-order valence-electron chi connectivity index (χ4n) is 3.78. The Morgan fingerprint density at radius 3 is 2.68 bits per heavy atom. The van der Waals surface area contributed by atoms with E-state index in [4.69, 9.17) is 6.42 Å². The van der Waals surface area contributed by atoms with Gasteiger partial charge in [0.2, 0.25) is 10.0 Å².